The molecule has 0 spiro atoms. The second-order valence-electron chi connectivity index (χ2n) is 5.71. The zero-order chi connectivity index (χ0) is 13.7. The van der Waals surface area contributed by atoms with E-state index in [1.54, 1.807) is 0 Å². The van der Waals surface area contributed by atoms with Crippen molar-refractivity contribution in [2.75, 3.05) is 24.5 Å². The van der Waals surface area contributed by atoms with Crippen LogP contribution in [-0.4, -0.2) is 25.2 Å². The molecule has 0 radical (unpaired) electrons. The molecule has 1 aliphatic rings. The van der Waals surface area contributed by atoms with Crippen molar-refractivity contribution in [1.82, 2.24) is 5.32 Å². The average Bonchev–Trinajstić information content (AvgIpc) is 2.70. The maximum absolute atomic E-state index is 3.78. The van der Waals surface area contributed by atoms with Crippen molar-refractivity contribution < 1.29 is 0 Å². The lowest BCUT2D eigenvalue weighted by molar-refractivity contribution is 0.321. The molecule has 0 unspecified atom stereocenters. The topological polar surface area (TPSA) is 15.3 Å². The van der Waals surface area contributed by atoms with Crippen LogP contribution in [0.3, 0.4) is 0 Å². The van der Waals surface area contributed by atoms with Crippen LogP contribution in [0.5, 0.6) is 0 Å². The first-order valence-corrected chi connectivity index (χ1v) is 7.82. The van der Waals surface area contributed by atoms with Crippen molar-refractivity contribution in [2.24, 2.45) is 0 Å². The van der Waals surface area contributed by atoms with Crippen LogP contribution in [0.2, 0.25) is 0 Å². The van der Waals surface area contributed by atoms with Crippen molar-refractivity contribution in [2.45, 2.75) is 52.0 Å². The van der Waals surface area contributed by atoms with E-state index in [2.05, 4.69) is 55.3 Å². The summed E-state index contributed by atoms with van der Waals surface area (Å²) in [6.45, 7) is 10.3. The Morgan fingerprint density at radius 2 is 1.79 bits per heavy atom. The van der Waals surface area contributed by atoms with Gasteiger partial charge >= 0.3 is 0 Å². The number of rotatable bonds is 4. The maximum Gasteiger partial charge on any atom is 0.0367 e. The van der Waals surface area contributed by atoms with Crippen LogP contribution < -0.4 is 10.2 Å². The summed E-state index contributed by atoms with van der Waals surface area (Å²) in [7, 11) is 0. The smallest absolute Gasteiger partial charge is 0.0367 e. The molecule has 1 N–H and O–H groups in total. The number of benzene rings is 1. The summed E-state index contributed by atoms with van der Waals surface area (Å²) < 4.78 is 0. The van der Waals surface area contributed by atoms with Gasteiger partial charge in [-0.1, -0.05) is 32.9 Å². The predicted octanol–water partition coefficient (Wildman–Crippen LogP) is 3.61. The van der Waals surface area contributed by atoms with Crippen LogP contribution in [0.15, 0.2) is 24.3 Å². The zero-order valence-corrected chi connectivity index (χ0v) is 12.7. The molecule has 0 atom stereocenters. The Kier molecular flexibility index (Phi) is 4.87. The summed E-state index contributed by atoms with van der Waals surface area (Å²) >= 11 is 0. The first kappa shape index (κ1) is 14.4. The molecule has 0 bridgehead atoms. The first-order valence-electron chi connectivity index (χ1n) is 7.82. The third kappa shape index (κ3) is 3.30. The summed E-state index contributed by atoms with van der Waals surface area (Å²) in [6.07, 6.45) is 4.76. The van der Waals surface area contributed by atoms with Crippen LogP contribution in [0.1, 0.15) is 45.6 Å². The van der Waals surface area contributed by atoms with Gasteiger partial charge in [0.25, 0.3) is 0 Å². The first-order chi connectivity index (χ1) is 9.23. The molecular formula is C17H28N2. The standard InChI is InChI=1S/C17H28N2/c1-4-15-8-10-16(11-9-15)19-13-7-12-18-17(5-2,6-3)14-19/h8-11,18H,4-7,12-14H2,1-3H3. The molecule has 1 saturated heterocycles. The highest BCUT2D eigenvalue weighted by Gasteiger charge is 2.30. The van der Waals surface area contributed by atoms with Crippen molar-refractivity contribution in [3.63, 3.8) is 0 Å². The average molecular weight is 260 g/mol. The maximum atomic E-state index is 3.78. The molecule has 1 heterocycles. The molecule has 1 fully saturated rings. The Hall–Kier alpha value is -1.02. The number of anilines is 1. The van der Waals surface area contributed by atoms with Gasteiger partial charge < -0.3 is 10.2 Å². The van der Waals surface area contributed by atoms with Gasteiger partial charge in [0.15, 0.2) is 0 Å². The summed E-state index contributed by atoms with van der Waals surface area (Å²) in [4.78, 5) is 2.56. The SMILES string of the molecule is CCc1ccc(N2CCCNC(CC)(CC)C2)cc1. The molecule has 1 aromatic rings. The second-order valence-corrected chi connectivity index (χ2v) is 5.71. The molecule has 0 amide bonds. The molecule has 0 aliphatic carbocycles. The van der Waals surface area contributed by atoms with Gasteiger partial charge in [0.05, 0.1) is 0 Å². The summed E-state index contributed by atoms with van der Waals surface area (Å²) in [6, 6.07) is 9.13. The highest BCUT2D eigenvalue weighted by atomic mass is 15.2. The summed E-state index contributed by atoms with van der Waals surface area (Å²) in [5.74, 6) is 0. The lowest BCUT2D eigenvalue weighted by Crippen LogP contribution is -2.50. The Morgan fingerprint density at radius 1 is 1.11 bits per heavy atom. The Morgan fingerprint density at radius 3 is 2.37 bits per heavy atom. The number of hydrogen-bond acceptors (Lipinski definition) is 2. The monoisotopic (exact) mass is 260 g/mol. The quantitative estimate of drug-likeness (QED) is 0.889. The highest BCUT2D eigenvalue weighted by molar-refractivity contribution is 5.48. The van der Waals surface area contributed by atoms with Crippen LogP contribution in [0.4, 0.5) is 5.69 Å². The molecule has 2 nitrogen and oxygen atoms in total. The number of nitrogens with zero attached hydrogens (tertiary/aromatic N) is 1. The van der Waals surface area contributed by atoms with Crippen molar-refractivity contribution in [3.05, 3.63) is 29.8 Å². The summed E-state index contributed by atoms with van der Waals surface area (Å²) in [5.41, 5.74) is 3.10. The van der Waals surface area contributed by atoms with E-state index in [1.807, 2.05) is 0 Å². The van der Waals surface area contributed by atoms with E-state index < -0.39 is 0 Å². The minimum Gasteiger partial charge on any atom is -0.370 e. The fraction of sp³-hybridized carbons (Fsp3) is 0.647. The largest absolute Gasteiger partial charge is 0.370 e. The molecule has 106 valence electrons. The molecule has 19 heavy (non-hydrogen) atoms. The van der Waals surface area contributed by atoms with E-state index in [9.17, 15) is 0 Å². The van der Waals surface area contributed by atoms with Crippen LogP contribution in [0.25, 0.3) is 0 Å². The molecule has 0 aromatic heterocycles. The molecule has 2 heteroatoms. The van der Waals surface area contributed by atoms with E-state index in [0.29, 0.717) is 5.54 Å². The lowest BCUT2D eigenvalue weighted by atomic mass is 9.92. The van der Waals surface area contributed by atoms with Crippen LogP contribution in [-0.2, 0) is 6.42 Å². The molecule has 1 aliphatic heterocycles. The Labute approximate surface area is 118 Å². The van der Waals surface area contributed by atoms with Gasteiger partial charge in [-0.3, -0.25) is 0 Å². The minimum atomic E-state index is 0.292. The minimum absolute atomic E-state index is 0.292. The van der Waals surface area contributed by atoms with Crippen molar-refractivity contribution in [1.29, 1.82) is 0 Å². The van der Waals surface area contributed by atoms with Crippen LogP contribution in [0, 0.1) is 0 Å². The van der Waals surface area contributed by atoms with Gasteiger partial charge in [0, 0.05) is 24.3 Å². The van der Waals surface area contributed by atoms with Gasteiger partial charge in [0.2, 0.25) is 0 Å². The zero-order valence-electron chi connectivity index (χ0n) is 12.7. The van der Waals surface area contributed by atoms with E-state index >= 15 is 0 Å². The van der Waals surface area contributed by atoms with E-state index in [0.717, 1.165) is 19.5 Å². The van der Waals surface area contributed by atoms with E-state index in [1.165, 1.54) is 37.1 Å². The summed E-state index contributed by atoms with van der Waals surface area (Å²) in [5, 5.41) is 3.78. The Bertz CT molecular complexity index is 379. The van der Waals surface area contributed by atoms with Gasteiger partial charge in [-0.2, -0.15) is 0 Å². The van der Waals surface area contributed by atoms with E-state index in [4.69, 9.17) is 0 Å². The predicted molar refractivity (Wildman–Crippen MR) is 84.0 cm³/mol. The van der Waals surface area contributed by atoms with Gasteiger partial charge in [-0.15, -0.1) is 0 Å². The fourth-order valence-electron chi connectivity index (χ4n) is 3.01. The molecule has 2 rings (SSSR count). The fourth-order valence-corrected chi connectivity index (χ4v) is 3.01. The molecular weight excluding hydrogens is 232 g/mol. The van der Waals surface area contributed by atoms with Crippen molar-refractivity contribution >= 4 is 5.69 Å². The second kappa shape index (κ2) is 6.42. The third-order valence-corrected chi connectivity index (χ3v) is 4.66. The highest BCUT2D eigenvalue weighted by Crippen LogP contribution is 2.24. The van der Waals surface area contributed by atoms with Crippen molar-refractivity contribution in [3.8, 4) is 0 Å². The lowest BCUT2D eigenvalue weighted by Gasteiger charge is -2.36. The Balaban J connectivity index is 2.17. The number of hydrogen-bond donors (Lipinski definition) is 1. The van der Waals surface area contributed by atoms with Gasteiger partial charge in [-0.05, 0) is 49.9 Å². The van der Waals surface area contributed by atoms with E-state index in [-0.39, 0.29) is 0 Å². The molecule has 1 aromatic carbocycles. The number of nitrogens with one attached hydrogen (secondary N) is 1. The van der Waals surface area contributed by atoms with Crippen LogP contribution >= 0.6 is 0 Å². The van der Waals surface area contributed by atoms with Gasteiger partial charge in [0.1, 0.15) is 0 Å². The normalized spacial score (nSPS) is 19.2. The number of aryl methyl sites for hydroxylation is 1. The molecule has 0 saturated carbocycles. The van der Waals surface area contributed by atoms with Gasteiger partial charge in [-0.25, -0.2) is 0 Å². The third-order valence-electron chi connectivity index (χ3n) is 4.66.